The molecule has 1 heterocycles. The van der Waals surface area contributed by atoms with Crippen LogP contribution in [0.15, 0.2) is 42.7 Å². The van der Waals surface area contributed by atoms with Gasteiger partial charge in [-0.2, -0.15) is 5.26 Å². The fourth-order valence-electron chi connectivity index (χ4n) is 2.29. The summed E-state index contributed by atoms with van der Waals surface area (Å²) in [5.74, 6) is 0.764. The number of halogens is 1. The molecule has 1 aliphatic rings. The van der Waals surface area contributed by atoms with E-state index in [0.717, 1.165) is 12.8 Å². The van der Waals surface area contributed by atoms with E-state index in [-0.39, 0.29) is 17.6 Å². The van der Waals surface area contributed by atoms with E-state index in [2.05, 4.69) is 32.8 Å². The lowest BCUT2D eigenvalue weighted by atomic mass is 10.2. The largest absolute Gasteiger partial charge is 0.488 e. The summed E-state index contributed by atoms with van der Waals surface area (Å²) in [6, 6.07) is 6.38. The van der Waals surface area contributed by atoms with Crippen LogP contribution in [-0.4, -0.2) is 22.1 Å². The molecule has 0 radical (unpaired) electrons. The summed E-state index contributed by atoms with van der Waals surface area (Å²) < 4.78 is 5.92. The first-order valence-electron chi connectivity index (χ1n) is 7.55. The predicted molar refractivity (Wildman–Crippen MR) is 93.6 cm³/mol. The summed E-state index contributed by atoms with van der Waals surface area (Å²) >= 11 is 6.02. The Hall–Kier alpha value is -3.11. The number of hydrogen-bond acceptors (Lipinski definition) is 5. The molecule has 1 aromatic heterocycles. The van der Waals surface area contributed by atoms with E-state index in [1.165, 1.54) is 12.4 Å². The van der Waals surface area contributed by atoms with Crippen molar-refractivity contribution < 1.29 is 9.53 Å². The number of rotatable bonds is 4. The molecule has 0 saturated heterocycles. The Morgan fingerprint density at radius 3 is 2.72 bits per heavy atom. The van der Waals surface area contributed by atoms with Gasteiger partial charge in [-0.15, -0.1) is 0 Å². The van der Waals surface area contributed by atoms with Crippen LogP contribution in [0.5, 0.6) is 5.75 Å². The van der Waals surface area contributed by atoms with Crippen LogP contribution >= 0.6 is 11.6 Å². The van der Waals surface area contributed by atoms with Gasteiger partial charge in [0, 0.05) is 17.9 Å². The summed E-state index contributed by atoms with van der Waals surface area (Å²) in [7, 11) is 0. The lowest BCUT2D eigenvalue weighted by Gasteiger charge is -2.17. The molecular weight excluding hydrogens is 342 g/mol. The summed E-state index contributed by atoms with van der Waals surface area (Å²) in [5, 5.41) is 14.4. The SMILES string of the molecule is N#Cc1cnc(NC(=O)Nc2cc(Cl)ccc2OC2CC=CC2)cn1. The Bertz CT molecular complexity index is 837. The summed E-state index contributed by atoms with van der Waals surface area (Å²) in [5.41, 5.74) is 0.625. The maximum Gasteiger partial charge on any atom is 0.325 e. The van der Waals surface area contributed by atoms with Gasteiger partial charge in [-0.05, 0) is 18.2 Å². The zero-order valence-electron chi connectivity index (χ0n) is 13.1. The molecule has 0 spiro atoms. The minimum absolute atomic E-state index is 0.0502. The number of carbonyl (C=O) groups excluding carboxylic acids is 1. The topological polar surface area (TPSA) is 99.9 Å². The van der Waals surface area contributed by atoms with Crippen molar-refractivity contribution in [3.8, 4) is 11.8 Å². The van der Waals surface area contributed by atoms with Crippen molar-refractivity contribution in [3.63, 3.8) is 0 Å². The Labute approximate surface area is 149 Å². The number of amides is 2. The molecule has 2 aromatic rings. The third-order valence-corrected chi connectivity index (χ3v) is 3.69. The fourth-order valence-corrected chi connectivity index (χ4v) is 2.46. The van der Waals surface area contributed by atoms with Crippen LogP contribution in [0.4, 0.5) is 16.3 Å². The monoisotopic (exact) mass is 355 g/mol. The average molecular weight is 356 g/mol. The van der Waals surface area contributed by atoms with Gasteiger partial charge in [0.2, 0.25) is 0 Å². The highest BCUT2D eigenvalue weighted by atomic mass is 35.5. The third kappa shape index (κ3) is 4.46. The molecule has 3 rings (SSSR count). The van der Waals surface area contributed by atoms with Crippen molar-refractivity contribution in [1.82, 2.24) is 9.97 Å². The van der Waals surface area contributed by atoms with Crippen LogP contribution in [0.1, 0.15) is 18.5 Å². The number of nitrogens with zero attached hydrogens (tertiary/aromatic N) is 3. The Balaban J connectivity index is 1.68. The van der Waals surface area contributed by atoms with Crippen LogP contribution in [0.3, 0.4) is 0 Å². The number of aromatic nitrogens is 2. The Kier molecular flexibility index (Phi) is 5.11. The highest BCUT2D eigenvalue weighted by Crippen LogP contribution is 2.30. The van der Waals surface area contributed by atoms with Crippen LogP contribution in [0, 0.1) is 11.3 Å². The average Bonchev–Trinajstić information content (AvgIpc) is 3.11. The number of urea groups is 1. The Morgan fingerprint density at radius 1 is 1.24 bits per heavy atom. The molecule has 7 nitrogen and oxygen atoms in total. The van der Waals surface area contributed by atoms with Gasteiger partial charge < -0.3 is 10.1 Å². The lowest BCUT2D eigenvalue weighted by molar-refractivity contribution is 0.217. The van der Waals surface area contributed by atoms with Gasteiger partial charge >= 0.3 is 6.03 Å². The van der Waals surface area contributed by atoms with Crippen LogP contribution in [0.25, 0.3) is 0 Å². The number of nitriles is 1. The molecule has 0 atom stereocenters. The molecule has 0 unspecified atom stereocenters. The Morgan fingerprint density at radius 2 is 2.04 bits per heavy atom. The van der Waals surface area contributed by atoms with Crippen LogP contribution < -0.4 is 15.4 Å². The van der Waals surface area contributed by atoms with E-state index in [0.29, 0.717) is 16.5 Å². The molecule has 0 aliphatic heterocycles. The number of benzene rings is 1. The van der Waals surface area contributed by atoms with Crippen molar-refractivity contribution in [2.75, 3.05) is 10.6 Å². The number of nitrogens with one attached hydrogen (secondary N) is 2. The van der Waals surface area contributed by atoms with Gasteiger partial charge in [0.15, 0.2) is 11.5 Å². The second-order valence-corrected chi connectivity index (χ2v) is 5.74. The minimum Gasteiger partial charge on any atom is -0.488 e. The molecule has 1 aromatic carbocycles. The number of carbonyl (C=O) groups is 1. The van der Waals surface area contributed by atoms with Gasteiger partial charge in [0.05, 0.1) is 18.1 Å². The van der Waals surface area contributed by atoms with Crippen molar-refractivity contribution in [3.05, 3.63) is 53.5 Å². The number of hydrogen-bond donors (Lipinski definition) is 2. The van der Waals surface area contributed by atoms with Crippen molar-refractivity contribution in [2.45, 2.75) is 18.9 Å². The van der Waals surface area contributed by atoms with Gasteiger partial charge in [-0.25, -0.2) is 14.8 Å². The summed E-state index contributed by atoms with van der Waals surface area (Å²) in [4.78, 5) is 19.9. The van der Waals surface area contributed by atoms with E-state index in [4.69, 9.17) is 21.6 Å². The quantitative estimate of drug-likeness (QED) is 0.813. The zero-order valence-corrected chi connectivity index (χ0v) is 13.8. The second-order valence-electron chi connectivity index (χ2n) is 5.30. The standard InChI is InChI=1S/C17H14ClN5O2/c18-11-5-6-15(25-13-3-1-2-4-13)14(7-11)22-17(24)23-16-10-20-12(8-19)9-21-16/h1-2,5-7,9-10,13H,3-4H2,(H2,21,22,23,24). The molecule has 0 saturated carbocycles. The highest BCUT2D eigenvalue weighted by Gasteiger charge is 2.16. The maximum atomic E-state index is 12.2. The highest BCUT2D eigenvalue weighted by molar-refractivity contribution is 6.31. The summed E-state index contributed by atoms with van der Waals surface area (Å²) in [6.07, 6.45) is 8.40. The van der Waals surface area contributed by atoms with E-state index in [9.17, 15) is 4.79 Å². The first kappa shape index (κ1) is 16.7. The fraction of sp³-hybridized carbons (Fsp3) is 0.176. The second kappa shape index (κ2) is 7.64. The minimum atomic E-state index is -0.518. The van der Waals surface area contributed by atoms with E-state index in [1.807, 2.05) is 6.07 Å². The van der Waals surface area contributed by atoms with Gasteiger partial charge in [-0.3, -0.25) is 5.32 Å². The van der Waals surface area contributed by atoms with E-state index < -0.39 is 6.03 Å². The van der Waals surface area contributed by atoms with Crippen LogP contribution in [0.2, 0.25) is 5.02 Å². The lowest BCUT2D eigenvalue weighted by Crippen LogP contribution is -2.21. The molecule has 2 N–H and O–H groups in total. The molecule has 25 heavy (non-hydrogen) atoms. The van der Waals surface area contributed by atoms with E-state index in [1.54, 1.807) is 18.2 Å². The number of ether oxygens (including phenoxy) is 1. The van der Waals surface area contributed by atoms with Crippen molar-refractivity contribution >= 4 is 29.1 Å². The summed E-state index contributed by atoms with van der Waals surface area (Å²) in [6.45, 7) is 0. The molecule has 2 amide bonds. The molecule has 8 heteroatoms. The van der Waals surface area contributed by atoms with Crippen molar-refractivity contribution in [1.29, 1.82) is 5.26 Å². The molecule has 0 fully saturated rings. The first-order chi connectivity index (χ1) is 12.1. The van der Waals surface area contributed by atoms with Gasteiger partial charge in [-0.1, -0.05) is 23.8 Å². The zero-order chi connectivity index (χ0) is 17.6. The third-order valence-electron chi connectivity index (χ3n) is 3.46. The van der Waals surface area contributed by atoms with E-state index >= 15 is 0 Å². The van der Waals surface area contributed by atoms with Crippen molar-refractivity contribution in [2.24, 2.45) is 0 Å². The molecule has 1 aliphatic carbocycles. The number of anilines is 2. The predicted octanol–water partition coefficient (Wildman–Crippen LogP) is 3.74. The molecule has 126 valence electrons. The molecular formula is C17H14ClN5O2. The van der Waals surface area contributed by atoms with Gasteiger partial charge in [0.25, 0.3) is 0 Å². The molecule has 0 bridgehead atoms. The first-order valence-corrected chi connectivity index (χ1v) is 7.93. The smallest absolute Gasteiger partial charge is 0.325 e. The maximum absolute atomic E-state index is 12.2. The normalized spacial score (nSPS) is 13.3. The van der Waals surface area contributed by atoms with Crippen LogP contribution in [-0.2, 0) is 0 Å². The van der Waals surface area contributed by atoms with Gasteiger partial charge in [0.1, 0.15) is 17.9 Å².